The van der Waals surface area contributed by atoms with Gasteiger partial charge < -0.3 is 4.74 Å². The number of hydrogen-bond acceptors (Lipinski definition) is 3. The van der Waals surface area contributed by atoms with Crippen LogP contribution in [0.2, 0.25) is 5.02 Å². The van der Waals surface area contributed by atoms with E-state index >= 15 is 0 Å². The molecule has 0 saturated heterocycles. The highest BCUT2D eigenvalue weighted by Gasteiger charge is 2.11. The average molecular weight is 374 g/mol. The molecule has 0 bridgehead atoms. The molecule has 3 aromatic carbocycles. The molecular formula is C23H16ClNO2. The maximum Gasteiger partial charge on any atom is 0.203 e. The zero-order chi connectivity index (χ0) is 19.1. The average Bonchev–Trinajstić information content (AvgIpc) is 2.72. The summed E-state index contributed by atoms with van der Waals surface area (Å²) in [6.45, 7) is 0.366. The summed E-state index contributed by atoms with van der Waals surface area (Å²) in [5.74, 6) is 0.386. The van der Waals surface area contributed by atoms with Crippen LogP contribution in [0.25, 0.3) is 6.08 Å². The van der Waals surface area contributed by atoms with E-state index in [-0.39, 0.29) is 11.4 Å². The summed E-state index contributed by atoms with van der Waals surface area (Å²) in [4.78, 5) is 12.4. The molecule has 0 aromatic heterocycles. The van der Waals surface area contributed by atoms with Gasteiger partial charge in [-0.1, -0.05) is 72.3 Å². The van der Waals surface area contributed by atoms with E-state index in [1.165, 1.54) is 0 Å². The molecule has 0 saturated carbocycles. The third kappa shape index (κ3) is 4.84. The monoisotopic (exact) mass is 373 g/mol. The third-order valence-electron chi connectivity index (χ3n) is 3.94. The van der Waals surface area contributed by atoms with Crippen molar-refractivity contribution >= 4 is 23.5 Å². The zero-order valence-electron chi connectivity index (χ0n) is 14.4. The molecule has 0 radical (unpaired) electrons. The number of nitriles is 1. The molecule has 4 heteroatoms. The zero-order valence-corrected chi connectivity index (χ0v) is 15.2. The molecular weight excluding hydrogens is 358 g/mol. The minimum Gasteiger partial charge on any atom is -0.489 e. The van der Waals surface area contributed by atoms with Crippen LogP contribution in [0.3, 0.4) is 0 Å². The molecule has 0 heterocycles. The molecule has 0 aliphatic carbocycles. The summed E-state index contributed by atoms with van der Waals surface area (Å²) >= 11 is 6.12. The summed E-state index contributed by atoms with van der Waals surface area (Å²) in [5.41, 5.74) is 2.24. The number of carbonyl (C=O) groups excluding carboxylic acids is 1. The van der Waals surface area contributed by atoms with Crippen LogP contribution in [0.15, 0.2) is 84.4 Å². The van der Waals surface area contributed by atoms with Gasteiger partial charge in [0.2, 0.25) is 5.78 Å². The van der Waals surface area contributed by atoms with Crippen LogP contribution in [0.4, 0.5) is 0 Å². The van der Waals surface area contributed by atoms with Gasteiger partial charge in [-0.15, -0.1) is 0 Å². The Morgan fingerprint density at radius 3 is 2.30 bits per heavy atom. The lowest BCUT2D eigenvalue weighted by atomic mass is 10.0. The molecule has 0 amide bonds. The third-order valence-corrected chi connectivity index (χ3v) is 4.31. The number of nitrogens with zero attached hydrogens (tertiary/aromatic N) is 1. The number of benzene rings is 3. The lowest BCUT2D eigenvalue weighted by molar-refractivity contribution is 0.104. The number of Topliss-reactive ketones (excluding diaryl/α,β-unsaturated/α-hetero) is 1. The van der Waals surface area contributed by atoms with Crippen molar-refractivity contribution in [2.45, 2.75) is 6.61 Å². The Hall–Kier alpha value is -3.35. The lowest BCUT2D eigenvalue weighted by Gasteiger charge is -2.08. The van der Waals surface area contributed by atoms with Gasteiger partial charge in [0.25, 0.3) is 0 Å². The Balaban J connectivity index is 1.71. The van der Waals surface area contributed by atoms with Crippen molar-refractivity contribution in [3.8, 4) is 11.8 Å². The Morgan fingerprint density at radius 2 is 1.63 bits per heavy atom. The molecule has 0 N–H and O–H groups in total. The minimum atomic E-state index is -0.294. The van der Waals surface area contributed by atoms with Crippen LogP contribution in [-0.4, -0.2) is 5.78 Å². The van der Waals surface area contributed by atoms with Crippen LogP contribution in [0, 0.1) is 11.3 Å². The van der Waals surface area contributed by atoms with Crippen molar-refractivity contribution in [2.24, 2.45) is 0 Å². The van der Waals surface area contributed by atoms with Crippen LogP contribution < -0.4 is 4.74 Å². The first-order valence-electron chi connectivity index (χ1n) is 8.35. The summed E-state index contributed by atoms with van der Waals surface area (Å²) in [6.07, 6.45) is 1.58. The first-order chi connectivity index (χ1) is 13.2. The molecule has 0 spiro atoms. The predicted molar refractivity (Wildman–Crippen MR) is 107 cm³/mol. The molecule has 132 valence electrons. The van der Waals surface area contributed by atoms with Crippen molar-refractivity contribution in [2.75, 3.05) is 0 Å². The second-order valence-electron chi connectivity index (χ2n) is 5.81. The van der Waals surface area contributed by atoms with Gasteiger partial charge in [-0.2, -0.15) is 5.26 Å². The van der Waals surface area contributed by atoms with E-state index in [4.69, 9.17) is 16.3 Å². The van der Waals surface area contributed by atoms with Gasteiger partial charge in [-0.25, -0.2) is 0 Å². The standard InChI is InChI=1S/C23H16ClNO2/c24-22-9-5-4-8-19(22)16-27-21-12-10-17(11-13-21)14-20(15-25)23(26)18-6-2-1-3-7-18/h1-14H,16H2/b20-14+. The Labute approximate surface area is 163 Å². The summed E-state index contributed by atoms with van der Waals surface area (Å²) in [6, 6.07) is 25.4. The fourth-order valence-corrected chi connectivity index (χ4v) is 2.69. The first-order valence-corrected chi connectivity index (χ1v) is 8.73. The number of ether oxygens (including phenoxy) is 1. The highest BCUT2D eigenvalue weighted by molar-refractivity contribution is 6.31. The predicted octanol–water partition coefficient (Wildman–Crippen LogP) is 5.71. The van der Waals surface area contributed by atoms with Gasteiger partial charge >= 0.3 is 0 Å². The Bertz CT molecular complexity index is 1000. The molecule has 0 aliphatic rings. The molecule has 0 unspecified atom stereocenters. The van der Waals surface area contributed by atoms with Crippen LogP contribution in [0.5, 0.6) is 5.75 Å². The molecule has 3 aromatic rings. The van der Waals surface area contributed by atoms with E-state index in [0.29, 0.717) is 22.9 Å². The molecule has 27 heavy (non-hydrogen) atoms. The summed E-state index contributed by atoms with van der Waals surface area (Å²) in [7, 11) is 0. The van der Waals surface area contributed by atoms with Gasteiger partial charge in [0.1, 0.15) is 24.0 Å². The van der Waals surface area contributed by atoms with Crippen LogP contribution in [0.1, 0.15) is 21.5 Å². The van der Waals surface area contributed by atoms with Gasteiger partial charge in [0, 0.05) is 16.1 Å². The Morgan fingerprint density at radius 1 is 0.963 bits per heavy atom. The minimum absolute atomic E-state index is 0.0888. The van der Waals surface area contributed by atoms with Crippen molar-refractivity contribution in [3.63, 3.8) is 0 Å². The van der Waals surface area contributed by atoms with Crippen LogP contribution >= 0.6 is 11.6 Å². The fraction of sp³-hybridized carbons (Fsp3) is 0.0435. The number of halogens is 1. The van der Waals surface area contributed by atoms with Gasteiger partial charge in [-0.3, -0.25) is 4.79 Å². The normalized spacial score (nSPS) is 10.9. The SMILES string of the molecule is N#C/C(=C\c1ccc(OCc2ccccc2Cl)cc1)C(=O)c1ccccc1. The van der Waals surface area contributed by atoms with Crippen molar-refractivity contribution < 1.29 is 9.53 Å². The number of ketones is 1. The molecule has 0 aliphatic heterocycles. The molecule has 0 atom stereocenters. The van der Waals surface area contributed by atoms with Crippen LogP contribution in [-0.2, 0) is 6.61 Å². The number of rotatable bonds is 6. The first kappa shape index (κ1) is 18.4. The van der Waals surface area contributed by atoms with Crippen molar-refractivity contribution in [3.05, 3.63) is 106 Å². The number of allylic oxidation sites excluding steroid dienone is 1. The maximum atomic E-state index is 12.4. The van der Waals surface area contributed by atoms with E-state index in [0.717, 1.165) is 11.1 Å². The van der Waals surface area contributed by atoms with E-state index in [9.17, 15) is 10.1 Å². The quantitative estimate of drug-likeness (QED) is 0.316. The van der Waals surface area contributed by atoms with E-state index in [1.807, 2.05) is 36.4 Å². The van der Waals surface area contributed by atoms with Gasteiger partial charge in [0.05, 0.1) is 0 Å². The van der Waals surface area contributed by atoms with Gasteiger partial charge in [-0.05, 0) is 29.8 Å². The van der Waals surface area contributed by atoms with E-state index < -0.39 is 0 Å². The smallest absolute Gasteiger partial charge is 0.203 e. The van der Waals surface area contributed by atoms with Gasteiger partial charge in [0.15, 0.2) is 0 Å². The summed E-state index contributed by atoms with van der Waals surface area (Å²) < 4.78 is 5.74. The maximum absolute atomic E-state index is 12.4. The van der Waals surface area contributed by atoms with E-state index in [1.54, 1.807) is 54.6 Å². The topological polar surface area (TPSA) is 50.1 Å². The van der Waals surface area contributed by atoms with Crippen molar-refractivity contribution in [1.29, 1.82) is 5.26 Å². The highest BCUT2D eigenvalue weighted by atomic mass is 35.5. The molecule has 3 nitrogen and oxygen atoms in total. The van der Waals surface area contributed by atoms with E-state index in [2.05, 4.69) is 0 Å². The summed E-state index contributed by atoms with van der Waals surface area (Å²) in [5, 5.41) is 10.00. The van der Waals surface area contributed by atoms with Crippen molar-refractivity contribution in [1.82, 2.24) is 0 Å². The largest absolute Gasteiger partial charge is 0.489 e. The second kappa shape index (κ2) is 8.84. The molecule has 0 fully saturated rings. The number of hydrogen-bond donors (Lipinski definition) is 0. The number of carbonyl (C=O) groups is 1. The Kier molecular flexibility index (Phi) is 6.04. The fourth-order valence-electron chi connectivity index (χ4n) is 2.50. The highest BCUT2D eigenvalue weighted by Crippen LogP contribution is 2.20. The second-order valence-corrected chi connectivity index (χ2v) is 6.22. The lowest BCUT2D eigenvalue weighted by Crippen LogP contribution is -2.01. The molecule has 3 rings (SSSR count).